The summed E-state index contributed by atoms with van der Waals surface area (Å²) in [5.41, 5.74) is 7.47. The first-order chi connectivity index (χ1) is 24.4. The van der Waals surface area contributed by atoms with Crippen LogP contribution in [0.5, 0.6) is 0 Å². The molecule has 0 saturated heterocycles. The quantitative estimate of drug-likeness (QED) is 0.103. The molecule has 3 rings (SSSR count). The summed E-state index contributed by atoms with van der Waals surface area (Å²) in [7, 11) is 1.14. The highest BCUT2D eigenvalue weighted by atomic mass is 32.2. The second kappa shape index (κ2) is 18.7. The molecule has 0 bridgehead atoms. The van der Waals surface area contributed by atoms with Crippen molar-refractivity contribution in [3.05, 3.63) is 108 Å². The number of hydrogen-bond donors (Lipinski definition) is 3. The fourth-order valence-electron chi connectivity index (χ4n) is 5.39. The average molecular weight is 734 g/mol. The Morgan fingerprint density at radius 1 is 0.654 bits per heavy atom. The molecule has 0 fully saturated rings. The lowest BCUT2D eigenvalue weighted by Crippen LogP contribution is -2.56. The van der Waals surface area contributed by atoms with E-state index < -0.39 is 70.2 Å². The lowest BCUT2D eigenvalue weighted by molar-refractivity contribution is -0.159. The number of carbonyl (C=O) groups excluding carboxylic acids is 5. The fourth-order valence-corrected chi connectivity index (χ4v) is 6.95. The summed E-state index contributed by atoms with van der Waals surface area (Å²) in [5.74, 6) is -3.54. The molecule has 0 unspecified atom stereocenters. The van der Waals surface area contributed by atoms with Crippen LogP contribution in [0.25, 0.3) is 0 Å². The molecule has 0 heterocycles. The molecule has 3 atom stereocenters. The van der Waals surface area contributed by atoms with Crippen molar-refractivity contribution in [2.24, 2.45) is 5.73 Å². The first kappa shape index (κ1) is 41.7. The van der Waals surface area contributed by atoms with Gasteiger partial charge in [0.05, 0.1) is 24.3 Å². The standard InChI is InChI=1S/C40H51N3O8S/c1-38(2,3)50-33(44)24-23-30(41)35(46)43-32(36(47)42-31(37(48)49-7)25-34(45)51-39(4,5)6)26-52-40(27-17-11-8-12-18-27,28-19-13-9-14-20-28)29-21-15-10-16-22-29/h8-22,30-32H,23-26,41H2,1-7H3,(H,42,47)(H,43,46)/t30-,31-,32-/m0/s1. The number of thioether (sulfide) groups is 1. The Kier molecular flexibility index (Phi) is 15.0. The minimum atomic E-state index is -1.40. The molecule has 0 saturated carbocycles. The van der Waals surface area contributed by atoms with E-state index in [0.717, 1.165) is 23.8 Å². The maximum Gasteiger partial charge on any atom is 0.328 e. The lowest BCUT2D eigenvalue weighted by atomic mass is 9.84. The van der Waals surface area contributed by atoms with Crippen LogP contribution in [0, 0.1) is 0 Å². The Bertz CT molecular complexity index is 1540. The number of nitrogens with one attached hydrogen (secondary N) is 2. The van der Waals surface area contributed by atoms with Crippen LogP contribution in [0.3, 0.4) is 0 Å². The first-order valence-electron chi connectivity index (χ1n) is 17.1. The van der Waals surface area contributed by atoms with Crippen LogP contribution in [-0.2, 0) is 42.9 Å². The number of benzene rings is 3. The highest BCUT2D eigenvalue weighted by Gasteiger charge is 2.39. The fraction of sp³-hybridized carbons (Fsp3) is 0.425. The van der Waals surface area contributed by atoms with Gasteiger partial charge in [-0.05, 0) is 64.7 Å². The molecule has 0 spiro atoms. The summed E-state index contributed by atoms with van der Waals surface area (Å²) in [6.45, 7) is 10.3. The number of ether oxygens (including phenoxy) is 3. The minimum absolute atomic E-state index is 0.00459. The van der Waals surface area contributed by atoms with E-state index in [9.17, 15) is 24.0 Å². The van der Waals surface area contributed by atoms with Crippen LogP contribution in [0.2, 0.25) is 0 Å². The van der Waals surface area contributed by atoms with E-state index in [2.05, 4.69) is 10.6 Å². The third-order valence-electron chi connectivity index (χ3n) is 7.65. The Labute approximate surface area is 310 Å². The zero-order chi connectivity index (χ0) is 38.5. The van der Waals surface area contributed by atoms with Gasteiger partial charge in [-0.15, -0.1) is 11.8 Å². The van der Waals surface area contributed by atoms with Crippen LogP contribution >= 0.6 is 11.8 Å². The van der Waals surface area contributed by atoms with Crippen molar-refractivity contribution < 1.29 is 38.2 Å². The predicted octanol–water partition coefficient (Wildman–Crippen LogP) is 5.04. The molecular weight excluding hydrogens is 683 g/mol. The Balaban J connectivity index is 2.01. The highest BCUT2D eigenvalue weighted by Crippen LogP contribution is 2.48. The first-order valence-corrected chi connectivity index (χ1v) is 18.1. The van der Waals surface area contributed by atoms with Crippen molar-refractivity contribution in [2.45, 2.75) is 94.9 Å². The van der Waals surface area contributed by atoms with Gasteiger partial charge in [-0.2, -0.15) is 0 Å². The van der Waals surface area contributed by atoms with Crippen LogP contribution in [-0.4, -0.2) is 71.9 Å². The molecule has 0 radical (unpaired) electrons. The minimum Gasteiger partial charge on any atom is -0.467 e. The van der Waals surface area contributed by atoms with Crippen molar-refractivity contribution in [3.63, 3.8) is 0 Å². The van der Waals surface area contributed by atoms with Crippen molar-refractivity contribution in [2.75, 3.05) is 12.9 Å². The van der Waals surface area contributed by atoms with E-state index in [1.807, 2.05) is 91.0 Å². The third-order valence-corrected chi connectivity index (χ3v) is 9.29. The Hall–Kier alpha value is -4.68. The maximum absolute atomic E-state index is 14.1. The topological polar surface area (TPSA) is 163 Å². The number of nitrogens with two attached hydrogens (primary N) is 1. The van der Waals surface area contributed by atoms with E-state index in [1.165, 1.54) is 11.8 Å². The molecule has 12 heteroatoms. The number of carbonyl (C=O) groups is 5. The summed E-state index contributed by atoms with van der Waals surface area (Å²) in [6.07, 6.45) is -0.647. The van der Waals surface area contributed by atoms with E-state index in [0.29, 0.717) is 0 Å². The van der Waals surface area contributed by atoms with Crippen LogP contribution in [0.1, 0.15) is 77.5 Å². The zero-order valence-electron chi connectivity index (χ0n) is 31.0. The molecular formula is C40H51N3O8S. The van der Waals surface area contributed by atoms with Gasteiger partial charge in [0.1, 0.15) is 23.3 Å². The van der Waals surface area contributed by atoms with Crippen molar-refractivity contribution >= 4 is 41.5 Å². The SMILES string of the molecule is COC(=O)[C@H](CC(=O)OC(C)(C)C)NC(=O)[C@H](CSC(c1ccccc1)(c1ccccc1)c1ccccc1)NC(=O)[C@@H](N)CCC(=O)OC(C)(C)C. The molecule has 3 aromatic carbocycles. The van der Waals surface area contributed by atoms with Crippen LogP contribution in [0.15, 0.2) is 91.0 Å². The Morgan fingerprint density at radius 2 is 1.08 bits per heavy atom. The molecule has 0 aliphatic carbocycles. The number of amides is 2. The molecule has 280 valence electrons. The zero-order valence-corrected chi connectivity index (χ0v) is 31.8. The highest BCUT2D eigenvalue weighted by molar-refractivity contribution is 8.00. The Morgan fingerprint density at radius 3 is 1.50 bits per heavy atom. The van der Waals surface area contributed by atoms with E-state index >= 15 is 0 Å². The molecule has 2 amide bonds. The van der Waals surface area contributed by atoms with Gasteiger partial charge in [-0.25, -0.2) is 4.79 Å². The van der Waals surface area contributed by atoms with Crippen LogP contribution in [0.4, 0.5) is 0 Å². The lowest BCUT2D eigenvalue weighted by Gasteiger charge is -2.36. The van der Waals surface area contributed by atoms with Gasteiger partial charge >= 0.3 is 17.9 Å². The monoisotopic (exact) mass is 733 g/mol. The summed E-state index contributed by atoms with van der Waals surface area (Å²) in [5, 5.41) is 5.36. The van der Waals surface area contributed by atoms with Gasteiger partial charge in [-0.1, -0.05) is 91.0 Å². The molecule has 0 aliphatic rings. The van der Waals surface area contributed by atoms with E-state index in [1.54, 1.807) is 41.5 Å². The molecule has 0 aromatic heterocycles. The second-order valence-corrected chi connectivity index (χ2v) is 15.5. The second-order valence-electron chi connectivity index (χ2n) is 14.3. The van der Waals surface area contributed by atoms with Gasteiger partial charge in [0.25, 0.3) is 0 Å². The number of rotatable bonds is 16. The van der Waals surface area contributed by atoms with Gasteiger partial charge in [-0.3, -0.25) is 19.2 Å². The number of methoxy groups -OCH3 is 1. The normalized spacial score (nSPS) is 13.5. The average Bonchev–Trinajstić information content (AvgIpc) is 3.09. The van der Waals surface area contributed by atoms with E-state index in [-0.39, 0.29) is 18.6 Å². The maximum atomic E-state index is 14.1. The summed E-state index contributed by atoms with van der Waals surface area (Å²) < 4.78 is 14.8. The van der Waals surface area contributed by atoms with Crippen LogP contribution < -0.4 is 16.4 Å². The van der Waals surface area contributed by atoms with Crippen molar-refractivity contribution in [3.8, 4) is 0 Å². The van der Waals surface area contributed by atoms with Gasteiger partial charge in [0.15, 0.2) is 0 Å². The third kappa shape index (κ3) is 12.5. The largest absolute Gasteiger partial charge is 0.467 e. The molecule has 11 nitrogen and oxygen atoms in total. The number of hydrogen-bond acceptors (Lipinski definition) is 10. The van der Waals surface area contributed by atoms with Gasteiger partial charge in [0.2, 0.25) is 11.8 Å². The van der Waals surface area contributed by atoms with Gasteiger partial charge in [0, 0.05) is 12.2 Å². The van der Waals surface area contributed by atoms with Crippen molar-refractivity contribution in [1.29, 1.82) is 0 Å². The smallest absolute Gasteiger partial charge is 0.328 e. The molecule has 4 N–H and O–H groups in total. The predicted molar refractivity (Wildman–Crippen MR) is 201 cm³/mol. The van der Waals surface area contributed by atoms with Crippen molar-refractivity contribution in [1.82, 2.24) is 10.6 Å². The molecule has 3 aromatic rings. The molecule has 52 heavy (non-hydrogen) atoms. The van der Waals surface area contributed by atoms with Gasteiger partial charge < -0.3 is 30.6 Å². The summed E-state index contributed by atoms with van der Waals surface area (Å²) >= 11 is 1.41. The number of esters is 3. The summed E-state index contributed by atoms with van der Waals surface area (Å²) in [6, 6.07) is 25.5. The summed E-state index contributed by atoms with van der Waals surface area (Å²) in [4.78, 5) is 65.6. The van der Waals surface area contributed by atoms with E-state index in [4.69, 9.17) is 19.9 Å². The molecule has 0 aliphatic heterocycles.